The Labute approximate surface area is 176 Å². The van der Waals surface area contributed by atoms with Gasteiger partial charge in [-0.25, -0.2) is 4.79 Å². The van der Waals surface area contributed by atoms with Crippen LogP contribution in [0.5, 0.6) is 0 Å². The number of piperidine rings is 1. The minimum absolute atomic E-state index is 0.00366. The summed E-state index contributed by atoms with van der Waals surface area (Å²) in [6.45, 7) is 8.34. The van der Waals surface area contributed by atoms with Crippen LogP contribution in [0, 0.1) is 0 Å². The number of urea groups is 1. The summed E-state index contributed by atoms with van der Waals surface area (Å²) in [6, 6.07) is 6.64. The third-order valence-electron chi connectivity index (χ3n) is 5.93. The fraction of sp³-hybridized carbons (Fsp3) is 0.455. The Bertz CT molecular complexity index is 847. The maximum atomic E-state index is 13.4. The summed E-state index contributed by atoms with van der Waals surface area (Å²) in [5.74, 6) is -0.00366. The van der Waals surface area contributed by atoms with E-state index in [2.05, 4.69) is 16.8 Å². The summed E-state index contributed by atoms with van der Waals surface area (Å²) in [4.78, 5) is 32.0. The minimum Gasteiger partial charge on any atom is -0.332 e. The molecule has 0 aromatic heterocycles. The molecule has 0 spiro atoms. The van der Waals surface area contributed by atoms with Crippen LogP contribution in [0.1, 0.15) is 30.9 Å². The lowest BCUT2D eigenvalue weighted by molar-refractivity contribution is -0.126. The van der Waals surface area contributed by atoms with Crippen molar-refractivity contribution in [2.75, 3.05) is 39.3 Å². The van der Waals surface area contributed by atoms with Crippen molar-refractivity contribution in [3.63, 3.8) is 0 Å². The molecule has 0 unspecified atom stereocenters. The molecule has 6 nitrogen and oxygen atoms in total. The van der Waals surface area contributed by atoms with Crippen LogP contribution in [0.3, 0.4) is 0 Å². The molecule has 7 heteroatoms. The maximum absolute atomic E-state index is 13.4. The van der Waals surface area contributed by atoms with Crippen molar-refractivity contribution < 1.29 is 9.59 Å². The van der Waals surface area contributed by atoms with Gasteiger partial charge in [0.2, 0.25) is 0 Å². The lowest BCUT2D eigenvalue weighted by atomic mass is 9.95. The van der Waals surface area contributed by atoms with Crippen molar-refractivity contribution in [2.45, 2.75) is 25.3 Å². The van der Waals surface area contributed by atoms with Gasteiger partial charge in [-0.15, -0.1) is 6.58 Å². The van der Waals surface area contributed by atoms with Gasteiger partial charge < -0.3 is 15.1 Å². The molecule has 3 amide bonds. The number of carbonyl (C=O) groups excluding carboxylic acids is 2. The van der Waals surface area contributed by atoms with E-state index < -0.39 is 6.04 Å². The van der Waals surface area contributed by atoms with E-state index in [0.717, 1.165) is 30.9 Å². The number of halogens is 1. The summed E-state index contributed by atoms with van der Waals surface area (Å²) in [5, 5.41) is 3.57. The summed E-state index contributed by atoms with van der Waals surface area (Å²) < 4.78 is 0. The molecule has 1 N–H and O–H groups in total. The first kappa shape index (κ1) is 20.0. The molecule has 4 rings (SSSR count). The highest BCUT2D eigenvalue weighted by molar-refractivity contribution is 6.30. The zero-order valence-electron chi connectivity index (χ0n) is 16.6. The molecule has 1 atom stereocenters. The Balaban J connectivity index is 1.59. The van der Waals surface area contributed by atoms with Gasteiger partial charge in [-0.2, -0.15) is 0 Å². The van der Waals surface area contributed by atoms with E-state index >= 15 is 0 Å². The lowest BCUT2D eigenvalue weighted by Gasteiger charge is -2.33. The molecule has 154 valence electrons. The number of carbonyl (C=O) groups is 2. The van der Waals surface area contributed by atoms with E-state index in [1.165, 1.54) is 19.3 Å². The zero-order valence-corrected chi connectivity index (χ0v) is 17.3. The molecule has 1 aromatic carbocycles. The van der Waals surface area contributed by atoms with Crippen molar-refractivity contribution in [3.05, 3.63) is 58.8 Å². The van der Waals surface area contributed by atoms with Gasteiger partial charge in [0.05, 0.1) is 23.9 Å². The predicted octanol–water partition coefficient (Wildman–Crippen LogP) is 3.17. The molecule has 0 radical (unpaired) electrons. The van der Waals surface area contributed by atoms with Gasteiger partial charge >= 0.3 is 6.03 Å². The third-order valence-corrected chi connectivity index (χ3v) is 6.16. The van der Waals surface area contributed by atoms with E-state index in [4.69, 9.17) is 11.6 Å². The van der Waals surface area contributed by atoms with Gasteiger partial charge in [0.25, 0.3) is 5.91 Å². The van der Waals surface area contributed by atoms with Crippen LogP contribution in [0.2, 0.25) is 5.02 Å². The topological polar surface area (TPSA) is 55.9 Å². The molecule has 3 heterocycles. The van der Waals surface area contributed by atoms with Gasteiger partial charge in [-0.05, 0) is 43.6 Å². The second-order valence-corrected chi connectivity index (χ2v) is 8.26. The van der Waals surface area contributed by atoms with Crippen molar-refractivity contribution in [2.24, 2.45) is 0 Å². The van der Waals surface area contributed by atoms with E-state index in [0.29, 0.717) is 30.2 Å². The average Bonchev–Trinajstić information content (AvgIpc) is 3.05. The number of nitrogens with zero attached hydrogens (tertiary/aromatic N) is 3. The molecule has 0 saturated carbocycles. The van der Waals surface area contributed by atoms with Crippen molar-refractivity contribution in [3.8, 4) is 0 Å². The molecule has 3 aliphatic heterocycles. The van der Waals surface area contributed by atoms with Crippen LogP contribution >= 0.6 is 11.6 Å². The first-order valence-electron chi connectivity index (χ1n) is 10.3. The molecular weight excluding hydrogens is 388 g/mol. The van der Waals surface area contributed by atoms with Gasteiger partial charge in [0.15, 0.2) is 0 Å². The van der Waals surface area contributed by atoms with Crippen molar-refractivity contribution in [1.29, 1.82) is 0 Å². The molecular formula is C22H27ClN4O2. The number of likely N-dealkylation sites (tertiary alicyclic amines) is 1. The summed E-state index contributed by atoms with van der Waals surface area (Å²) >= 11 is 6.17. The van der Waals surface area contributed by atoms with Crippen LogP contribution in [-0.2, 0) is 4.79 Å². The quantitative estimate of drug-likeness (QED) is 0.727. The Morgan fingerprint density at radius 2 is 1.97 bits per heavy atom. The van der Waals surface area contributed by atoms with Crippen LogP contribution < -0.4 is 5.32 Å². The van der Waals surface area contributed by atoms with Gasteiger partial charge in [0.1, 0.15) is 0 Å². The highest BCUT2D eigenvalue weighted by Crippen LogP contribution is 2.36. The van der Waals surface area contributed by atoms with Crippen LogP contribution in [0.15, 0.2) is 48.2 Å². The Hall–Kier alpha value is -2.31. The number of hydrogen-bond donors (Lipinski definition) is 1. The Kier molecular flexibility index (Phi) is 5.92. The number of rotatable bonds is 6. The molecule has 1 aromatic rings. The Morgan fingerprint density at radius 3 is 2.69 bits per heavy atom. The molecule has 1 fully saturated rings. The van der Waals surface area contributed by atoms with Crippen molar-refractivity contribution in [1.82, 2.24) is 20.0 Å². The van der Waals surface area contributed by atoms with Gasteiger partial charge in [-0.1, -0.05) is 36.2 Å². The highest BCUT2D eigenvalue weighted by Gasteiger charge is 2.43. The standard InChI is InChI=1S/C22H27ClN4O2/c1-2-9-27-18-15-26(13-12-25-10-4-3-5-11-25)21(28)19(18)20(24-22(27)29)16-7-6-8-17(23)14-16/h2,6-8,14,20H,1,3-5,9-13,15H2,(H,24,29)/t20-/m1/s1. The van der Waals surface area contributed by atoms with Gasteiger partial charge in [-0.3, -0.25) is 9.69 Å². The zero-order chi connectivity index (χ0) is 20.4. The second-order valence-electron chi connectivity index (χ2n) is 7.83. The largest absolute Gasteiger partial charge is 0.332 e. The fourth-order valence-electron chi connectivity index (χ4n) is 4.43. The van der Waals surface area contributed by atoms with Crippen molar-refractivity contribution >= 4 is 23.5 Å². The first-order valence-corrected chi connectivity index (χ1v) is 10.7. The monoisotopic (exact) mass is 414 g/mol. The Morgan fingerprint density at radius 1 is 1.17 bits per heavy atom. The second kappa shape index (κ2) is 8.59. The minimum atomic E-state index is -0.482. The summed E-state index contributed by atoms with van der Waals surface area (Å²) in [5.41, 5.74) is 2.25. The molecule has 0 bridgehead atoms. The SMILES string of the molecule is C=CCN1C(=O)N[C@H](c2cccc(Cl)c2)C2=C1CN(CCN1CCCCC1)C2=O. The molecule has 29 heavy (non-hydrogen) atoms. The fourth-order valence-corrected chi connectivity index (χ4v) is 4.63. The van der Waals surface area contributed by atoms with Crippen LogP contribution in [-0.4, -0.2) is 65.9 Å². The third kappa shape index (κ3) is 4.05. The molecule has 3 aliphatic rings. The molecule has 1 saturated heterocycles. The van der Waals surface area contributed by atoms with Gasteiger partial charge in [0, 0.05) is 24.7 Å². The number of nitrogens with one attached hydrogen (secondary N) is 1. The summed E-state index contributed by atoms with van der Waals surface area (Å²) in [7, 11) is 0. The van der Waals surface area contributed by atoms with Crippen LogP contribution in [0.25, 0.3) is 0 Å². The first-order chi connectivity index (χ1) is 14.1. The van der Waals surface area contributed by atoms with E-state index in [9.17, 15) is 9.59 Å². The summed E-state index contributed by atoms with van der Waals surface area (Å²) in [6.07, 6.45) is 5.43. The molecule has 0 aliphatic carbocycles. The normalized spacial score (nSPS) is 22.7. The van der Waals surface area contributed by atoms with Crippen LogP contribution in [0.4, 0.5) is 4.79 Å². The highest BCUT2D eigenvalue weighted by atomic mass is 35.5. The number of hydrogen-bond acceptors (Lipinski definition) is 3. The number of amides is 3. The van der Waals surface area contributed by atoms with E-state index in [1.54, 1.807) is 17.0 Å². The average molecular weight is 415 g/mol. The van der Waals surface area contributed by atoms with E-state index in [-0.39, 0.29) is 11.9 Å². The van der Waals surface area contributed by atoms with E-state index in [1.807, 2.05) is 23.1 Å². The lowest BCUT2D eigenvalue weighted by Crippen LogP contribution is -2.47. The predicted molar refractivity (Wildman–Crippen MR) is 114 cm³/mol. The number of benzene rings is 1. The maximum Gasteiger partial charge on any atom is 0.322 e. The smallest absolute Gasteiger partial charge is 0.322 e.